The van der Waals surface area contributed by atoms with Crippen molar-refractivity contribution in [2.24, 2.45) is 5.92 Å². The van der Waals surface area contributed by atoms with Crippen molar-refractivity contribution in [2.45, 2.75) is 63.5 Å². The molecule has 2 aromatic rings. The highest BCUT2D eigenvalue weighted by atomic mass is 16.5. The topological polar surface area (TPSA) is 105 Å². The van der Waals surface area contributed by atoms with Crippen LogP contribution in [0.3, 0.4) is 0 Å². The number of carboxylic acids is 1. The van der Waals surface area contributed by atoms with Crippen molar-refractivity contribution in [1.29, 1.82) is 0 Å². The Morgan fingerprint density at radius 3 is 2.15 bits per heavy atom. The van der Waals surface area contributed by atoms with Crippen LogP contribution in [0.1, 0.15) is 63.0 Å². The second-order valence-corrected chi connectivity index (χ2v) is 9.82. The predicted octanol–water partition coefficient (Wildman–Crippen LogP) is 4.45. The fourth-order valence-electron chi connectivity index (χ4n) is 4.98. The number of rotatable bonds is 10. The van der Waals surface area contributed by atoms with Crippen LogP contribution in [0.4, 0.5) is 4.79 Å². The lowest BCUT2D eigenvalue weighted by atomic mass is 9.98. The summed E-state index contributed by atoms with van der Waals surface area (Å²) in [5.74, 6) is -1.04. The van der Waals surface area contributed by atoms with Gasteiger partial charge in [0, 0.05) is 17.9 Å². The first kappa shape index (κ1) is 23.8. The Hall–Kier alpha value is -3.35. The van der Waals surface area contributed by atoms with Gasteiger partial charge in [0.15, 0.2) is 0 Å². The van der Waals surface area contributed by atoms with Crippen LogP contribution in [0.5, 0.6) is 0 Å². The molecule has 0 aromatic heterocycles. The number of nitrogens with one attached hydrogen (secondary N) is 2. The number of amides is 2. The number of hydrogen-bond acceptors (Lipinski definition) is 4. The van der Waals surface area contributed by atoms with Crippen LogP contribution in [-0.4, -0.2) is 41.3 Å². The lowest BCUT2D eigenvalue weighted by Crippen LogP contribution is -2.51. The summed E-state index contributed by atoms with van der Waals surface area (Å²) >= 11 is 0. The highest BCUT2D eigenvalue weighted by Gasteiger charge is 2.45. The van der Waals surface area contributed by atoms with Crippen LogP contribution in [0.2, 0.25) is 0 Å². The van der Waals surface area contributed by atoms with Gasteiger partial charge in [-0.3, -0.25) is 9.59 Å². The smallest absolute Gasteiger partial charge is 0.407 e. The number of aliphatic carboxylic acids is 1. The molecule has 0 heterocycles. The molecule has 4 rings (SSSR count). The fraction of sp³-hybridized carbons (Fsp3) is 0.444. The third-order valence-corrected chi connectivity index (χ3v) is 6.64. The molecule has 0 saturated heterocycles. The van der Waals surface area contributed by atoms with Gasteiger partial charge in [-0.1, -0.05) is 62.4 Å². The number of benzene rings is 2. The van der Waals surface area contributed by atoms with E-state index in [4.69, 9.17) is 9.84 Å². The van der Waals surface area contributed by atoms with Crippen molar-refractivity contribution < 1.29 is 24.2 Å². The number of hydrogen-bond donors (Lipinski definition) is 3. The van der Waals surface area contributed by atoms with E-state index in [1.807, 2.05) is 36.4 Å². The molecule has 2 amide bonds. The summed E-state index contributed by atoms with van der Waals surface area (Å²) in [6.07, 6.45) is 1.71. The molecule has 0 aliphatic heterocycles. The van der Waals surface area contributed by atoms with Crippen molar-refractivity contribution in [3.63, 3.8) is 0 Å². The largest absolute Gasteiger partial charge is 0.481 e. The van der Waals surface area contributed by atoms with Gasteiger partial charge in [-0.25, -0.2) is 4.79 Å². The first-order valence-corrected chi connectivity index (χ1v) is 11.9. The Bertz CT molecular complexity index is 1030. The van der Waals surface area contributed by atoms with E-state index in [-0.39, 0.29) is 36.8 Å². The van der Waals surface area contributed by atoms with Crippen LogP contribution < -0.4 is 10.6 Å². The molecule has 1 unspecified atom stereocenters. The Kier molecular flexibility index (Phi) is 6.91. The first-order valence-electron chi connectivity index (χ1n) is 11.9. The van der Waals surface area contributed by atoms with Crippen LogP contribution in [-0.2, 0) is 14.3 Å². The summed E-state index contributed by atoms with van der Waals surface area (Å²) in [5.41, 5.74) is 4.22. The number of ether oxygens (including phenoxy) is 1. The summed E-state index contributed by atoms with van der Waals surface area (Å²) in [6.45, 7) is 4.33. The zero-order valence-corrected chi connectivity index (χ0v) is 19.7. The van der Waals surface area contributed by atoms with Gasteiger partial charge < -0.3 is 20.5 Å². The molecule has 0 radical (unpaired) electrons. The lowest BCUT2D eigenvalue weighted by Gasteiger charge is -2.24. The van der Waals surface area contributed by atoms with E-state index >= 15 is 0 Å². The minimum absolute atomic E-state index is 0.00310. The summed E-state index contributed by atoms with van der Waals surface area (Å²) in [7, 11) is 0. The highest BCUT2D eigenvalue weighted by molar-refractivity contribution is 5.87. The van der Waals surface area contributed by atoms with Gasteiger partial charge in [-0.15, -0.1) is 0 Å². The molecule has 180 valence electrons. The molecule has 0 bridgehead atoms. The van der Waals surface area contributed by atoms with Crippen LogP contribution >= 0.6 is 0 Å². The number of carbonyl (C=O) groups is 3. The van der Waals surface area contributed by atoms with E-state index in [1.54, 1.807) is 0 Å². The first-order chi connectivity index (χ1) is 16.3. The van der Waals surface area contributed by atoms with Crippen molar-refractivity contribution in [3.05, 3.63) is 59.7 Å². The maximum absolute atomic E-state index is 12.9. The second-order valence-electron chi connectivity index (χ2n) is 9.82. The minimum Gasteiger partial charge on any atom is -0.481 e. The second kappa shape index (κ2) is 9.87. The summed E-state index contributed by atoms with van der Waals surface area (Å²) in [5, 5.41) is 14.8. The average Bonchev–Trinajstić information content (AvgIpc) is 3.46. The summed E-state index contributed by atoms with van der Waals surface area (Å²) in [4.78, 5) is 36.7. The third-order valence-electron chi connectivity index (χ3n) is 6.64. The highest BCUT2D eigenvalue weighted by Crippen LogP contribution is 2.44. The molecule has 1 fully saturated rings. The van der Waals surface area contributed by atoms with Crippen molar-refractivity contribution in [1.82, 2.24) is 10.6 Å². The van der Waals surface area contributed by atoms with Gasteiger partial charge in [-0.05, 0) is 53.9 Å². The lowest BCUT2D eigenvalue weighted by molar-refractivity contribution is -0.137. The minimum atomic E-state index is -1.02. The number of carbonyl (C=O) groups excluding carboxylic acids is 2. The zero-order valence-electron chi connectivity index (χ0n) is 19.7. The molecular formula is C27H32N2O5. The molecule has 7 heteroatoms. The summed E-state index contributed by atoms with van der Waals surface area (Å²) < 4.78 is 5.56. The zero-order chi connectivity index (χ0) is 24.3. The normalized spacial score (nSPS) is 16.3. The van der Waals surface area contributed by atoms with E-state index in [9.17, 15) is 14.4 Å². The van der Waals surface area contributed by atoms with Crippen molar-refractivity contribution >= 4 is 18.0 Å². The van der Waals surface area contributed by atoms with Crippen LogP contribution in [0.15, 0.2) is 48.5 Å². The maximum Gasteiger partial charge on any atom is 0.407 e. The molecule has 0 spiro atoms. The Morgan fingerprint density at radius 2 is 1.62 bits per heavy atom. The van der Waals surface area contributed by atoms with Crippen LogP contribution in [0, 0.1) is 5.92 Å². The standard InChI is InChI=1S/C27H32N2O5/c1-17(2)15-27(13-14-27)29-25(32)23(11-12-24(30)31)28-26(33)34-16-22-20-9-5-3-7-18(20)19-8-4-6-10-21(19)22/h3-10,17,22-23H,11-16H2,1-2H3,(H,28,33)(H,29,32)(H,30,31). The number of carboxylic acid groups (broad SMARTS) is 1. The molecule has 3 N–H and O–H groups in total. The average molecular weight is 465 g/mol. The molecule has 2 aliphatic rings. The van der Waals surface area contributed by atoms with Gasteiger partial charge in [-0.2, -0.15) is 0 Å². The number of fused-ring (bicyclic) bond motifs is 3. The Balaban J connectivity index is 1.40. The predicted molar refractivity (Wildman–Crippen MR) is 128 cm³/mol. The van der Waals surface area contributed by atoms with Gasteiger partial charge in [0.05, 0.1) is 0 Å². The van der Waals surface area contributed by atoms with Gasteiger partial charge >= 0.3 is 12.1 Å². The molecule has 1 saturated carbocycles. The van der Waals surface area contributed by atoms with Crippen molar-refractivity contribution in [2.75, 3.05) is 6.61 Å². The maximum atomic E-state index is 12.9. The molecule has 1 atom stereocenters. The van der Waals surface area contributed by atoms with E-state index in [0.29, 0.717) is 5.92 Å². The summed E-state index contributed by atoms with van der Waals surface area (Å²) in [6, 6.07) is 15.1. The van der Waals surface area contributed by atoms with E-state index in [0.717, 1.165) is 41.5 Å². The molecule has 2 aliphatic carbocycles. The van der Waals surface area contributed by atoms with Crippen molar-refractivity contribution in [3.8, 4) is 11.1 Å². The van der Waals surface area contributed by atoms with E-state index in [1.165, 1.54) is 0 Å². The van der Waals surface area contributed by atoms with Gasteiger partial charge in [0.25, 0.3) is 0 Å². The fourth-order valence-corrected chi connectivity index (χ4v) is 4.98. The Labute approximate surface area is 199 Å². The van der Waals surface area contributed by atoms with Gasteiger partial charge in [0.1, 0.15) is 12.6 Å². The molecule has 7 nitrogen and oxygen atoms in total. The molecule has 2 aromatic carbocycles. The molecule has 34 heavy (non-hydrogen) atoms. The van der Waals surface area contributed by atoms with E-state index in [2.05, 4.69) is 36.6 Å². The van der Waals surface area contributed by atoms with E-state index < -0.39 is 18.1 Å². The number of alkyl carbamates (subject to hydrolysis) is 1. The van der Waals surface area contributed by atoms with Gasteiger partial charge in [0.2, 0.25) is 5.91 Å². The van der Waals surface area contributed by atoms with Crippen LogP contribution in [0.25, 0.3) is 11.1 Å². The quantitative estimate of drug-likeness (QED) is 0.482. The Morgan fingerprint density at radius 1 is 1.03 bits per heavy atom. The SMILES string of the molecule is CC(C)CC1(NC(=O)C(CCC(=O)O)NC(=O)OCC2c3ccccc3-c3ccccc32)CC1. The third kappa shape index (κ3) is 5.41. The molecular weight excluding hydrogens is 432 g/mol. The monoisotopic (exact) mass is 464 g/mol.